The fourth-order valence-corrected chi connectivity index (χ4v) is 1.49. The first-order chi connectivity index (χ1) is 6.77. The van der Waals surface area contributed by atoms with Gasteiger partial charge in [-0.25, -0.2) is 9.78 Å². The molecule has 1 aliphatic rings. The number of carbonyl (C=O) groups excluding carboxylic acids is 1. The number of nitrogens with one attached hydrogen (secondary N) is 1. The number of aryl methyl sites for hydroxylation is 1. The molecule has 0 saturated carbocycles. The summed E-state index contributed by atoms with van der Waals surface area (Å²) in [6.07, 6.45) is 2.40. The molecule has 1 fully saturated rings. The van der Waals surface area contributed by atoms with Gasteiger partial charge >= 0.3 is 6.03 Å². The van der Waals surface area contributed by atoms with Crippen molar-refractivity contribution >= 4 is 6.03 Å². The van der Waals surface area contributed by atoms with Gasteiger partial charge < -0.3 is 14.6 Å². The second kappa shape index (κ2) is 3.69. The van der Waals surface area contributed by atoms with Gasteiger partial charge in [-0.3, -0.25) is 0 Å². The molecule has 0 bridgehead atoms. The fourth-order valence-electron chi connectivity index (χ4n) is 1.49. The first kappa shape index (κ1) is 9.05. The van der Waals surface area contributed by atoms with Crippen molar-refractivity contribution in [3.05, 3.63) is 17.8 Å². The van der Waals surface area contributed by atoms with E-state index in [2.05, 4.69) is 10.3 Å². The minimum atomic E-state index is -0.0151. The minimum absolute atomic E-state index is 0.0151. The number of amides is 2. The van der Waals surface area contributed by atoms with Crippen molar-refractivity contribution in [3.63, 3.8) is 0 Å². The second-order valence-corrected chi connectivity index (χ2v) is 3.36. The van der Waals surface area contributed by atoms with E-state index in [1.165, 1.54) is 6.39 Å². The van der Waals surface area contributed by atoms with Gasteiger partial charge in [-0.15, -0.1) is 0 Å². The molecular formula is C9H13N3O2. The molecule has 2 heterocycles. The van der Waals surface area contributed by atoms with Crippen molar-refractivity contribution in [2.75, 3.05) is 13.1 Å². The highest BCUT2D eigenvalue weighted by molar-refractivity contribution is 5.74. The quantitative estimate of drug-likeness (QED) is 0.762. The summed E-state index contributed by atoms with van der Waals surface area (Å²) >= 11 is 0. The van der Waals surface area contributed by atoms with E-state index < -0.39 is 0 Å². The predicted molar refractivity (Wildman–Crippen MR) is 49.7 cm³/mol. The van der Waals surface area contributed by atoms with Gasteiger partial charge in [0.15, 0.2) is 6.39 Å². The van der Waals surface area contributed by atoms with Gasteiger partial charge in [-0.2, -0.15) is 0 Å². The largest absolute Gasteiger partial charge is 0.448 e. The molecule has 1 aromatic rings. The number of oxazole rings is 1. The van der Waals surface area contributed by atoms with Crippen LogP contribution in [0.2, 0.25) is 0 Å². The van der Waals surface area contributed by atoms with Gasteiger partial charge in [0, 0.05) is 13.1 Å². The molecule has 1 aromatic heterocycles. The minimum Gasteiger partial charge on any atom is -0.448 e. The predicted octanol–water partition coefficient (Wildman–Crippen LogP) is 0.898. The SMILES string of the molecule is Cc1ocnc1CN1CCCNC1=O. The number of hydrogen-bond acceptors (Lipinski definition) is 3. The average Bonchev–Trinajstić information content (AvgIpc) is 2.56. The van der Waals surface area contributed by atoms with E-state index in [1.807, 2.05) is 6.92 Å². The van der Waals surface area contributed by atoms with Crippen LogP contribution < -0.4 is 5.32 Å². The molecule has 1 saturated heterocycles. The molecule has 2 amide bonds. The summed E-state index contributed by atoms with van der Waals surface area (Å²) in [6.45, 7) is 3.95. The summed E-state index contributed by atoms with van der Waals surface area (Å²) in [4.78, 5) is 17.2. The molecule has 1 N–H and O–H groups in total. The van der Waals surface area contributed by atoms with Gasteiger partial charge in [0.1, 0.15) is 11.5 Å². The van der Waals surface area contributed by atoms with Crippen LogP contribution in [0, 0.1) is 6.92 Å². The number of rotatable bonds is 2. The third-order valence-corrected chi connectivity index (χ3v) is 2.35. The lowest BCUT2D eigenvalue weighted by Gasteiger charge is -2.26. The van der Waals surface area contributed by atoms with Gasteiger partial charge in [0.25, 0.3) is 0 Å². The number of carbonyl (C=O) groups is 1. The van der Waals surface area contributed by atoms with E-state index in [0.717, 1.165) is 31.0 Å². The Bertz CT molecular complexity index is 335. The summed E-state index contributed by atoms with van der Waals surface area (Å²) in [5.41, 5.74) is 0.835. The van der Waals surface area contributed by atoms with Crippen LogP contribution >= 0.6 is 0 Å². The standard InChI is InChI=1S/C9H13N3O2/c1-7-8(11-6-14-7)5-12-4-2-3-10-9(12)13/h6H,2-5H2,1H3,(H,10,13). The Morgan fingerprint density at radius 1 is 1.71 bits per heavy atom. The van der Waals surface area contributed by atoms with E-state index in [9.17, 15) is 4.79 Å². The first-order valence-corrected chi connectivity index (χ1v) is 4.69. The molecule has 0 radical (unpaired) electrons. The molecule has 76 valence electrons. The normalized spacial score (nSPS) is 16.9. The molecule has 2 rings (SSSR count). The molecule has 0 aliphatic carbocycles. The van der Waals surface area contributed by atoms with Crippen molar-refractivity contribution in [1.29, 1.82) is 0 Å². The van der Waals surface area contributed by atoms with E-state index in [1.54, 1.807) is 4.90 Å². The summed E-state index contributed by atoms with van der Waals surface area (Å²) in [7, 11) is 0. The summed E-state index contributed by atoms with van der Waals surface area (Å²) in [6, 6.07) is -0.0151. The Labute approximate surface area is 82.1 Å². The molecular weight excluding hydrogens is 182 g/mol. The highest BCUT2D eigenvalue weighted by Crippen LogP contribution is 2.10. The number of hydrogen-bond donors (Lipinski definition) is 1. The smallest absolute Gasteiger partial charge is 0.317 e. The Kier molecular flexibility index (Phi) is 2.39. The van der Waals surface area contributed by atoms with Crippen LogP contribution in [-0.4, -0.2) is 29.0 Å². The summed E-state index contributed by atoms with van der Waals surface area (Å²) in [5, 5.41) is 2.79. The van der Waals surface area contributed by atoms with E-state index >= 15 is 0 Å². The van der Waals surface area contributed by atoms with Crippen LogP contribution in [0.1, 0.15) is 17.9 Å². The zero-order valence-corrected chi connectivity index (χ0v) is 8.12. The van der Waals surface area contributed by atoms with Crippen molar-refractivity contribution in [1.82, 2.24) is 15.2 Å². The van der Waals surface area contributed by atoms with E-state index in [-0.39, 0.29) is 6.03 Å². The maximum atomic E-state index is 11.4. The number of urea groups is 1. The van der Waals surface area contributed by atoms with Crippen LogP contribution in [0.15, 0.2) is 10.8 Å². The van der Waals surface area contributed by atoms with Crippen LogP contribution in [0.4, 0.5) is 4.79 Å². The lowest BCUT2D eigenvalue weighted by molar-refractivity contribution is 0.182. The van der Waals surface area contributed by atoms with Crippen molar-refractivity contribution < 1.29 is 9.21 Å². The molecule has 5 nitrogen and oxygen atoms in total. The molecule has 0 aromatic carbocycles. The van der Waals surface area contributed by atoms with Gasteiger partial charge in [-0.1, -0.05) is 0 Å². The van der Waals surface area contributed by atoms with Crippen LogP contribution in [0.25, 0.3) is 0 Å². The number of nitrogens with zero attached hydrogens (tertiary/aromatic N) is 2. The van der Waals surface area contributed by atoms with E-state index in [0.29, 0.717) is 6.54 Å². The van der Waals surface area contributed by atoms with Gasteiger partial charge in [0.2, 0.25) is 0 Å². The Hall–Kier alpha value is -1.52. The highest BCUT2D eigenvalue weighted by Gasteiger charge is 2.19. The van der Waals surface area contributed by atoms with Crippen molar-refractivity contribution in [2.45, 2.75) is 19.9 Å². The second-order valence-electron chi connectivity index (χ2n) is 3.36. The van der Waals surface area contributed by atoms with Crippen LogP contribution in [0.3, 0.4) is 0 Å². The maximum absolute atomic E-state index is 11.4. The molecule has 0 spiro atoms. The van der Waals surface area contributed by atoms with Gasteiger partial charge in [-0.05, 0) is 13.3 Å². The molecule has 14 heavy (non-hydrogen) atoms. The fraction of sp³-hybridized carbons (Fsp3) is 0.556. The molecule has 0 unspecified atom stereocenters. The average molecular weight is 195 g/mol. The number of aromatic nitrogens is 1. The van der Waals surface area contributed by atoms with Crippen molar-refractivity contribution in [3.8, 4) is 0 Å². The summed E-state index contributed by atoms with van der Waals surface area (Å²) in [5.74, 6) is 0.781. The third-order valence-electron chi connectivity index (χ3n) is 2.35. The molecule has 1 aliphatic heterocycles. The van der Waals surface area contributed by atoms with Crippen LogP contribution in [0.5, 0.6) is 0 Å². The summed E-state index contributed by atoms with van der Waals surface area (Å²) < 4.78 is 5.07. The lowest BCUT2D eigenvalue weighted by atomic mass is 10.3. The van der Waals surface area contributed by atoms with E-state index in [4.69, 9.17) is 4.42 Å². The molecule has 5 heteroatoms. The lowest BCUT2D eigenvalue weighted by Crippen LogP contribution is -2.45. The zero-order valence-electron chi connectivity index (χ0n) is 8.12. The topological polar surface area (TPSA) is 58.4 Å². The van der Waals surface area contributed by atoms with Crippen molar-refractivity contribution in [2.24, 2.45) is 0 Å². The first-order valence-electron chi connectivity index (χ1n) is 4.69. The maximum Gasteiger partial charge on any atom is 0.317 e. The van der Waals surface area contributed by atoms with Crippen LogP contribution in [-0.2, 0) is 6.54 Å². The monoisotopic (exact) mass is 195 g/mol. The highest BCUT2D eigenvalue weighted by atomic mass is 16.3. The Morgan fingerprint density at radius 2 is 2.57 bits per heavy atom. The van der Waals surface area contributed by atoms with Gasteiger partial charge in [0.05, 0.1) is 6.54 Å². The third kappa shape index (κ3) is 1.71. The molecule has 0 atom stereocenters. The Balaban J connectivity index is 2.03. The zero-order chi connectivity index (χ0) is 9.97. The Morgan fingerprint density at radius 3 is 3.21 bits per heavy atom.